The fourth-order valence-electron chi connectivity index (χ4n) is 2.67. The molecule has 0 saturated heterocycles. The van der Waals surface area contributed by atoms with Gasteiger partial charge in [0, 0.05) is 12.1 Å². The number of ether oxygens (including phenoxy) is 4. The van der Waals surface area contributed by atoms with Crippen LogP contribution in [0.5, 0.6) is 5.75 Å². The Morgan fingerprint density at radius 2 is 1.60 bits per heavy atom. The Balaban J connectivity index is 1.96. The topological polar surface area (TPSA) is 129 Å². The van der Waals surface area contributed by atoms with E-state index < -0.39 is 35.6 Å². The number of methoxy groups -OCH3 is 1. The van der Waals surface area contributed by atoms with Crippen molar-refractivity contribution in [1.29, 1.82) is 0 Å². The molecule has 0 saturated carbocycles. The Bertz CT molecular complexity index is 1000. The van der Waals surface area contributed by atoms with Crippen LogP contribution >= 0.6 is 0 Å². The van der Waals surface area contributed by atoms with E-state index in [-0.39, 0.29) is 25.3 Å². The van der Waals surface area contributed by atoms with Gasteiger partial charge in [-0.3, -0.25) is 4.79 Å². The number of amides is 2. The molecule has 0 heterocycles. The van der Waals surface area contributed by atoms with Crippen molar-refractivity contribution >= 4 is 23.9 Å². The fraction of sp³-hybridized carbons (Fsp3) is 0.360. The Morgan fingerprint density at radius 1 is 0.943 bits per heavy atom. The van der Waals surface area contributed by atoms with Crippen LogP contribution in [0.2, 0.25) is 0 Å². The summed E-state index contributed by atoms with van der Waals surface area (Å²) < 4.78 is 20.3. The molecule has 188 valence electrons. The van der Waals surface area contributed by atoms with Crippen molar-refractivity contribution in [2.24, 2.45) is 0 Å². The maximum atomic E-state index is 12.6. The molecule has 0 spiro atoms. The standard InChI is InChI=1S/C25H30N2O8/c1-25(2,3)35-23(30)20(27-24(31)34-15-17-8-6-5-7-9-17)14-26-22(29)18-10-12-19(13-11-18)33-16-21(28)32-4/h5-13,20H,14-16H2,1-4H3,(H,26,29)(H,27,31)/t20-/m0/s1. The molecule has 2 amide bonds. The molecule has 10 heteroatoms. The van der Waals surface area contributed by atoms with Crippen LogP contribution < -0.4 is 15.4 Å². The molecule has 10 nitrogen and oxygen atoms in total. The zero-order chi connectivity index (χ0) is 25.8. The molecule has 0 aliphatic carbocycles. The van der Waals surface area contributed by atoms with Crippen molar-refractivity contribution in [3.8, 4) is 5.75 Å². The van der Waals surface area contributed by atoms with Crippen LogP contribution in [0.1, 0.15) is 36.7 Å². The van der Waals surface area contributed by atoms with Gasteiger partial charge in [0.2, 0.25) is 0 Å². The van der Waals surface area contributed by atoms with E-state index in [0.29, 0.717) is 5.75 Å². The number of rotatable bonds is 10. The molecule has 1 atom stereocenters. The summed E-state index contributed by atoms with van der Waals surface area (Å²) in [4.78, 5) is 48.6. The van der Waals surface area contributed by atoms with Gasteiger partial charge in [-0.05, 0) is 50.6 Å². The molecular weight excluding hydrogens is 456 g/mol. The summed E-state index contributed by atoms with van der Waals surface area (Å²) >= 11 is 0. The second-order valence-corrected chi connectivity index (χ2v) is 8.39. The first-order chi connectivity index (χ1) is 16.6. The van der Waals surface area contributed by atoms with Crippen LogP contribution in [-0.4, -0.2) is 55.8 Å². The van der Waals surface area contributed by atoms with E-state index in [1.165, 1.54) is 31.4 Å². The lowest BCUT2D eigenvalue weighted by atomic mass is 10.1. The highest BCUT2D eigenvalue weighted by Gasteiger charge is 2.28. The SMILES string of the molecule is COC(=O)COc1ccc(C(=O)NC[C@H](NC(=O)OCc2ccccc2)C(=O)OC(C)(C)C)cc1. The zero-order valence-electron chi connectivity index (χ0n) is 20.2. The van der Waals surface area contributed by atoms with E-state index in [1.807, 2.05) is 18.2 Å². The Hall–Kier alpha value is -4.08. The van der Waals surface area contributed by atoms with Crippen LogP contribution in [0.25, 0.3) is 0 Å². The molecule has 0 bridgehead atoms. The van der Waals surface area contributed by atoms with Gasteiger partial charge in [-0.1, -0.05) is 30.3 Å². The van der Waals surface area contributed by atoms with E-state index in [9.17, 15) is 19.2 Å². The minimum Gasteiger partial charge on any atom is -0.482 e. The summed E-state index contributed by atoms with van der Waals surface area (Å²) in [5.74, 6) is -1.37. The normalized spacial score (nSPS) is 11.5. The Labute approximate surface area is 203 Å². The number of benzene rings is 2. The number of hydrogen-bond acceptors (Lipinski definition) is 8. The maximum Gasteiger partial charge on any atom is 0.408 e. The third kappa shape index (κ3) is 10.2. The largest absolute Gasteiger partial charge is 0.482 e. The van der Waals surface area contributed by atoms with Gasteiger partial charge in [0.25, 0.3) is 5.91 Å². The number of carbonyl (C=O) groups excluding carboxylic acids is 4. The lowest BCUT2D eigenvalue weighted by Gasteiger charge is -2.24. The first-order valence-corrected chi connectivity index (χ1v) is 10.9. The van der Waals surface area contributed by atoms with Crippen molar-refractivity contribution in [2.75, 3.05) is 20.3 Å². The van der Waals surface area contributed by atoms with E-state index in [4.69, 9.17) is 14.2 Å². The van der Waals surface area contributed by atoms with Crippen LogP contribution in [0, 0.1) is 0 Å². The van der Waals surface area contributed by atoms with Gasteiger partial charge in [0.05, 0.1) is 7.11 Å². The smallest absolute Gasteiger partial charge is 0.408 e. The molecule has 2 aromatic carbocycles. The average Bonchev–Trinajstić information content (AvgIpc) is 2.83. The number of hydrogen-bond donors (Lipinski definition) is 2. The molecule has 35 heavy (non-hydrogen) atoms. The van der Waals surface area contributed by atoms with Gasteiger partial charge in [-0.2, -0.15) is 0 Å². The molecule has 2 aromatic rings. The molecule has 2 N–H and O–H groups in total. The number of esters is 2. The lowest BCUT2D eigenvalue weighted by Crippen LogP contribution is -2.50. The first kappa shape index (κ1) is 27.2. The van der Waals surface area contributed by atoms with E-state index in [2.05, 4.69) is 15.4 Å². The van der Waals surface area contributed by atoms with Crippen molar-refractivity contribution in [2.45, 2.75) is 39.0 Å². The van der Waals surface area contributed by atoms with Gasteiger partial charge in [0.15, 0.2) is 6.61 Å². The molecular formula is C25H30N2O8. The summed E-state index contributed by atoms with van der Waals surface area (Å²) in [5.41, 5.74) is 0.267. The Morgan fingerprint density at radius 3 is 2.20 bits per heavy atom. The number of carbonyl (C=O) groups is 4. The van der Waals surface area contributed by atoms with Crippen LogP contribution in [-0.2, 0) is 30.4 Å². The summed E-state index contributed by atoms with van der Waals surface area (Å²) in [6.07, 6.45) is -0.828. The molecule has 0 aromatic heterocycles. The van der Waals surface area contributed by atoms with E-state index in [0.717, 1.165) is 5.56 Å². The van der Waals surface area contributed by atoms with Crippen LogP contribution in [0.4, 0.5) is 4.79 Å². The summed E-state index contributed by atoms with van der Waals surface area (Å²) in [6.45, 7) is 4.61. The fourth-order valence-corrected chi connectivity index (χ4v) is 2.67. The monoisotopic (exact) mass is 486 g/mol. The first-order valence-electron chi connectivity index (χ1n) is 10.9. The zero-order valence-corrected chi connectivity index (χ0v) is 20.2. The molecule has 0 unspecified atom stereocenters. The van der Waals surface area contributed by atoms with Crippen LogP contribution in [0.15, 0.2) is 54.6 Å². The molecule has 0 aliphatic rings. The van der Waals surface area contributed by atoms with Gasteiger partial charge < -0.3 is 29.6 Å². The summed E-state index contributed by atoms with van der Waals surface area (Å²) in [7, 11) is 1.25. The van der Waals surface area contributed by atoms with Crippen molar-refractivity contribution < 1.29 is 38.1 Å². The quantitative estimate of drug-likeness (QED) is 0.387. The van der Waals surface area contributed by atoms with E-state index in [1.54, 1.807) is 32.9 Å². The predicted octanol–water partition coefficient (Wildman–Crippen LogP) is 2.60. The molecule has 0 aliphatic heterocycles. The lowest BCUT2D eigenvalue weighted by molar-refractivity contribution is -0.157. The highest BCUT2D eigenvalue weighted by molar-refractivity contribution is 5.94. The van der Waals surface area contributed by atoms with Crippen molar-refractivity contribution in [3.63, 3.8) is 0 Å². The van der Waals surface area contributed by atoms with Crippen LogP contribution in [0.3, 0.4) is 0 Å². The second kappa shape index (κ2) is 13.0. The van der Waals surface area contributed by atoms with Gasteiger partial charge >= 0.3 is 18.0 Å². The maximum absolute atomic E-state index is 12.6. The number of alkyl carbamates (subject to hydrolysis) is 1. The Kier molecular flexibility index (Phi) is 10.1. The second-order valence-electron chi connectivity index (χ2n) is 8.39. The number of nitrogens with one attached hydrogen (secondary N) is 2. The van der Waals surface area contributed by atoms with Crippen molar-refractivity contribution in [1.82, 2.24) is 10.6 Å². The summed E-state index contributed by atoms with van der Waals surface area (Å²) in [5, 5.41) is 5.04. The molecule has 2 rings (SSSR count). The third-order valence-corrected chi connectivity index (χ3v) is 4.36. The predicted molar refractivity (Wildman–Crippen MR) is 126 cm³/mol. The molecule has 0 radical (unpaired) electrons. The average molecular weight is 487 g/mol. The van der Waals surface area contributed by atoms with E-state index >= 15 is 0 Å². The third-order valence-electron chi connectivity index (χ3n) is 4.36. The highest BCUT2D eigenvalue weighted by Crippen LogP contribution is 2.13. The van der Waals surface area contributed by atoms with Crippen molar-refractivity contribution in [3.05, 3.63) is 65.7 Å². The highest BCUT2D eigenvalue weighted by atomic mass is 16.6. The van der Waals surface area contributed by atoms with Gasteiger partial charge in [0.1, 0.15) is 24.0 Å². The van der Waals surface area contributed by atoms with Gasteiger partial charge in [-0.25, -0.2) is 14.4 Å². The minimum atomic E-state index is -1.18. The summed E-state index contributed by atoms with van der Waals surface area (Å²) in [6, 6.07) is 13.9. The minimum absolute atomic E-state index is 0.0183. The molecule has 0 fully saturated rings. The van der Waals surface area contributed by atoms with Gasteiger partial charge in [-0.15, -0.1) is 0 Å².